The summed E-state index contributed by atoms with van der Waals surface area (Å²) in [5.74, 6) is 1.27. The summed E-state index contributed by atoms with van der Waals surface area (Å²) in [5.41, 5.74) is 5.82. The number of carbonyl (C=O) groups is 3. The number of aryl methyl sites for hydroxylation is 1. The van der Waals surface area contributed by atoms with E-state index in [0.717, 1.165) is 54.6 Å². The van der Waals surface area contributed by atoms with Crippen LogP contribution in [-0.4, -0.2) is 18.1 Å². The number of anilines is 2. The number of aldehydes is 1. The fourth-order valence-electron chi connectivity index (χ4n) is 4.34. The van der Waals surface area contributed by atoms with Crippen LogP contribution in [0.1, 0.15) is 61.8 Å². The van der Waals surface area contributed by atoms with Gasteiger partial charge >= 0.3 is 0 Å². The Bertz CT molecular complexity index is 1280. The summed E-state index contributed by atoms with van der Waals surface area (Å²) >= 11 is 0. The number of hydrogen-bond donors (Lipinski definition) is 2. The van der Waals surface area contributed by atoms with Crippen LogP contribution in [0.3, 0.4) is 0 Å². The molecular formula is C26H22N2O4. The minimum absolute atomic E-state index is 0.193. The molecule has 0 atom stereocenters. The Hall–Kier alpha value is -3.93. The highest BCUT2D eigenvalue weighted by Crippen LogP contribution is 2.37. The van der Waals surface area contributed by atoms with E-state index in [4.69, 9.17) is 4.42 Å². The average Bonchev–Trinajstić information content (AvgIpc) is 3.30. The van der Waals surface area contributed by atoms with Crippen molar-refractivity contribution in [3.05, 3.63) is 81.8 Å². The zero-order valence-electron chi connectivity index (χ0n) is 17.7. The molecule has 2 N–H and O–H groups in total. The van der Waals surface area contributed by atoms with Crippen LogP contribution in [0, 0.1) is 6.92 Å². The Balaban J connectivity index is 1.44. The molecular weight excluding hydrogens is 404 g/mol. The van der Waals surface area contributed by atoms with Gasteiger partial charge in [-0.05, 0) is 73.7 Å². The second-order valence-corrected chi connectivity index (χ2v) is 8.17. The molecule has 1 aliphatic heterocycles. The molecule has 3 aromatic rings. The van der Waals surface area contributed by atoms with Gasteiger partial charge in [0.25, 0.3) is 11.8 Å². The lowest BCUT2D eigenvalue weighted by Crippen LogP contribution is -2.11. The predicted octanol–water partition coefficient (Wildman–Crippen LogP) is 5.02. The van der Waals surface area contributed by atoms with E-state index in [0.29, 0.717) is 28.1 Å². The molecule has 1 aromatic heterocycles. The van der Waals surface area contributed by atoms with Gasteiger partial charge in [0.05, 0.1) is 5.57 Å². The third-order valence-electron chi connectivity index (χ3n) is 6.12. The molecule has 1 aliphatic carbocycles. The van der Waals surface area contributed by atoms with Gasteiger partial charge in [0.1, 0.15) is 17.8 Å². The normalized spacial score (nSPS) is 15.8. The monoisotopic (exact) mass is 426 g/mol. The molecule has 2 aromatic carbocycles. The molecule has 2 aliphatic rings. The smallest absolute Gasteiger partial charge is 0.256 e. The van der Waals surface area contributed by atoms with Crippen molar-refractivity contribution in [3.8, 4) is 0 Å². The molecule has 0 saturated heterocycles. The zero-order chi connectivity index (χ0) is 22.2. The van der Waals surface area contributed by atoms with Gasteiger partial charge < -0.3 is 15.1 Å². The number of furan rings is 1. The lowest BCUT2D eigenvalue weighted by Gasteiger charge is -2.08. The maximum absolute atomic E-state index is 12.7. The van der Waals surface area contributed by atoms with Crippen LogP contribution in [0.15, 0.2) is 46.9 Å². The average molecular weight is 426 g/mol. The molecule has 6 nitrogen and oxygen atoms in total. The highest BCUT2D eigenvalue weighted by Gasteiger charge is 2.27. The summed E-state index contributed by atoms with van der Waals surface area (Å²) in [5, 5.41) is 5.74. The molecule has 0 bridgehead atoms. The number of nitrogens with one attached hydrogen (secondary N) is 2. The topological polar surface area (TPSA) is 88.4 Å². The minimum Gasteiger partial charge on any atom is -0.461 e. The van der Waals surface area contributed by atoms with Crippen LogP contribution in [0.25, 0.3) is 11.6 Å². The number of benzene rings is 2. The van der Waals surface area contributed by atoms with Crippen LogP contribution in [0.4, 0.5) is 11.4 Å². The fraction of sp³-hybridized carbons (Fsp3) is 0.192. The van der Waals surface area contributed by atoms with Gasteiger partial charge in [0.2, 0.25) is 0 Å². The van der Waals surface area contributed by atoms with E-state index in [1.54, 1.807) is 48.5 Å². The van der Waals surface area contributed by atoms with Crippen molar-refractivity contribution in [2.75, 3.05) is 10.6 Å². The summed E-state index contributed by atoms with van der Waals surface area (Å²) in [4.78, 5) is 36.1. The summed E-state index contributed by atoms with van der Waals surface area (Å²) in [6, 6.07) is 11.7. The van der Waals surface area contributed by atoms with Crippen molar-refractivity contribution >= 4 is 41.1 Å². The largest absolute Gasteiger partial charge is 0.461 e. The van der Waals surface area contributed by atoms with E-state index < -0.39 is 0 Å². The Kier molecular flexibility index (Phi) is 4.98. The SMILES string of the molecule is Cc1c(C=C2C(=O)Nc3ccc(NC(=O)c4ccc(C=O)cc4)cc32)oc2c1CCCC2. The molecule has 0 radical (unpaired) electrons. The van der Waals surface area contributed by atoms with Crippen LogP contribution in [0.2, 0.25) is 0 Å². The Labute approximate surface area is 185 Å². The number of hydrogen-bond acceptors (Lipinski definition) is 4. The van der Waals surface area contributed by atoms with Gasteiger partial charge in [-0.2, -0.15) is 0 Å². The first kappa shape index (κ1) is 20.0. The van der Waals surface area contributed by atoms with E-state index in [9.17, 15) is 14.4 Å². The van der Waals surface area contributed by atoms with E-state index in [2.05, 4.69) is 10.6 Å². The highest BCUT2D eigenvalue weighted by molar-refractivity contribution is 6.35. The van der Waals surface area contributed by atoms with E-state index in [1.807, 2.05) is 6.92 Å². The zero-order valence-corrected chi connectivity index (χ0v) is 17.7. The predicted molar refractivity (Wildman–Crippen MR) is 123 cm³/mol. The van der Waals surface area contributed by atoms with Crippen LogP contribution < -0.4 is 10.6 Å². The first-order chi connectivity index (χ1) is 15.5. The summed E-state index contributed by atoms with van der Waals surface area (Å²) in [7, 11) is 0. The van der Waals surface area contributed by atoms with Crippen molar-refractivity contribution in [1.29, 1.82) is 0 Å². The van der Waals surface area contributed by atoms with E-state index in [1.165, 1.54) is 5.56 Å². The van der Waals surface area contributed by atoms with Crippen molar-refractivity contribution in [2.24, 2.45) is 0 Å². The van der Waals surface area contributed by atoms with Crippen molar-refractivity contribution < 1.29 is 18.8 Å². The molecule has 0 fully saturated rings. The van der Waals surface area contributed by atoms with Crippen LogP contribution in [0.5, 0.6) is 0 Å². The van der Waals surface area contributed by atoms with Crippen LogP contribution >= 0.6 is 0 Å². The first-order valence-corrected chi connectivity index (χ1v) is 10.7. The summed E-state index contributed by atoms with van der Waals surface area (Å²) < 4.78 is 6.08. The Morgan fingerprint density at radius 2 is 1.88 bits per heavy atom. The maximum Gasteiger partial charge on any atom is 0.256 e. The van der Waals surface area contributed by atoms with Gasteiger partial charge in [-0.1, -0.05) is 12.1 Å². The Morgan fingerprint density at radius 3 is 2.62 bits per heavy atom. The second kappa shape index (κ2) is 7.96. The second-order valence-electron chi connectivity index (χ2n) is 8.17. The summed E-state index contributed by atoms with van der Waals surface area (Å²) in [6.45, 7) is 2.04. The lowest BCUT2D eigenvalue weighted by molar-refractivity contribution is -0.110. The van der Waals surface area contributed by atoms with Gasteiger partial charge in [-0.15, -0.1) is 0 Å². The van der Waals surface area contributed by atoms with Crippen molar-refractivity contribution in [3.63, 3.8) is 0 Å². The standard InChI is InChI=1S/C26H22N2O4/c1-15-19-4-2-3-5-23(19)32-24(15)13-21-20-12-18(10-11-22(20)28-26(21)31)27-25(30)17-8-6-16(14-29)7-9-17/h6-14H,2-5H2,1H3,(H,27,30)(H,28,31). The van der Waals surface area contributed by atoms with E-state index in [-0.39, 0.29) is 11.8 Å². The summed E-state index contributed by atoms with van der Waals surface area (Å²) in [6.07, 6.45) is 6.77. The van der Waals surface area contributed by atoms with E-state index >= 15 is 0 Å². The first-order valence-electron chi connectivity index (χ1n) is 10.7. The lowest BCUT2D eigenvalue weighted by atomic mass is 9.95. The molecule has 0 spiro atoms. The molecule has 160 valence electrons. The highest BCUT2D eigenvalue weighted by atomic mass is 16.3. The quantitative estimate of drug-likeness (QED) is 0.453. The molecule has 0 unspecified atom stereocenters. The number of amides is 2. The minimum atomic E-state index is -0.292. The van der Waals surface area contributed by atoms with Crippen molar-refractivity contribution in [1.82, 2.24) is 0 Å². The molecule has 5 rings (SSSR count). The fourth-order valence-corrected chi connectivity index (χ4v) is 4.34. The van der Waals surface area contributed by atoms with Crippen molar-refractivity contribution in [2.45, 2.75) is 32.6 Å². The number of rotatable bonds is 4. The third-order valence-corrected chi connectivity index (χ3v) is 6.12. The number of carbonyl (C=O) groups excluding carboxylic acids is 3. The van der Waals surface area contributed by atoms with Gasteiger partial charge in [0, 0.05) is 34.5 Å². The molecule has 0 saturated carbocycles. The maximum atomic E-state index is 12.7. The third kappa shape index (κ3) is 3.54. The van der Waals surface area contributed by atoms with Gasteiger partial charge in [0.15, 0.2) is 0 Å². The molecule has 2 heterocycles. The Morgan fingerprint density at radius 1 is 1.09 bits per heavy atom. The molecule has 2 amide bonds. The van der Waals surface area contributed by atoms with Gasteiger partial charge in [-0.25, -0.2) is 0 Å². The molecule has 32 heavy (non-hydrogen) atoms. The van der Waals surface area contributed by atoms with Crippen LogP contribution in [-0.2, 0) is 17.6 Å². The molecule has 6 heteroatoms. The van der Waals surface area contributed by atoms with Gasteiger partial charge in [-0.3, -0.25) is 14.4 Å². The number of fused-ring (bicyclic) bond motifs is 2.